The monoisotopic (exact) mass is 445 g/mol. The Morgan fingerprint density at radius 1 is 0.970 bits per heavy atom. The van der Waals surface area contributed by atoms with Crippen molar-refractivity contribution in [1.29, 1.82) is 0 Å². The minimum Gasteiger partial charge on any atom is -0.478 e. The Bertz CT molecular complexity index is 1160. The van der Waals surface area contributed by atoms with Gasteiger partial charge in [-0.2, -0.15) is 0 Å². The lowest BCUT2D eigenvalue weighted by molar-refractivity contribution is -0.131. The predicted octanol–water partition coefficient (Wildman–Crippen LogP) is 4.32. The van der Waals surface area contributed by atoms with E-state index < -0.39 is 17.9 Å². The van der Waals surface area contributed by atoms with E-state index in [1.807, 2.05) is 30.3 Å². The zero-order chi connectivity index (χ0) is 23.6. The number of rotatable bonds is 8. The van der Waals surface area contributed by atoms with Gasteiger partial charge in [0.05, 0.1) is 11.3 Å². The second-order valence-electron chi connectivity index (χ2n) is 6.84. The van der Waals surface area contributed by atoms with E-state index in [9.17, 15) is 14.4 Å². The van der Waals surface area contributed by atoms with Gasteiger partial charge in [-0.1, -0.05) is 30.3 Å². The van der Waals surface area contributed by atoms with Crippen molar-refractivity contribution in [2.24, 2.45) is 0 Å². The largest absolute Gasteiger partial charge is 0.478 e. The van der Waals surface area contributed by atoms with E-state index in [2.05, 4.69) is 26.3 Å². The van der Waals surface area contributed by atoms with Gasteiger partial charge in [-0.15, -0.1) is 0 Å². The molecule has 0 saturated heterocycles. The van der Waals surface area contributed by atoms with Crippen LogP contribution in [-0.2, 0) is 4.79 Å². The first-order valence-electron chi connectivity index (χ1n) is 10.1. The number of carboxylic acid groups (broad SMARTS) is 1. The maximum Gasteiger partial charge on any atom is 0.328 e. The Hall–Kier alpha value is -4.66. The zero-order valence-corrected chi connectivity index (χ0v) is 17.8. The quantitative estimate of drug-likeness (QED) is 0.328. The molecular weight excluding hydrogens is 422 g/mol. The highest BCUT2D eigenvalue weighted by atomic mass is 16.4. The number of nitrogens with one attached hydrogen (secondary N) is 4. The normalized spacial score (nSPS) is 10.5. The van der Waals surface area contributed by atoms with E-state index in [0.717, 1.165) is 11.8 Å². The van der Waals surface area contributed by atoms with E-state index in [-0.39, 0.29) is 11.4 Å². The first kappa shape index (κ1) is 23.0. The van der Waals surface area contributed by atoms with E-state index >= 15 is 0 Å². The molecule has 33 heavy (non-hydrogen) atoms. The fourth-order valence-corrected chi connectivity index (χ4v) is 2.85. The van der Waals surface area contributed by atoms with Crippen LogP contribution >= 0.6 is 0 Å². The molecule has 0 atom stereocenters. The van der Waals surface area contributed by atoms with Crippen molar-refractivity contribution in [3.63, 3.8) is 0 Å². The molecule has 0 unspecified atom stereocenters. The first-order chi connectivity index (χ1) is 15.9. The molecule has 0 bridgehead atoms. The number of hydrogen-bond acceptors (Lipinski definition) is 5. The summed E-state index contributed by atoms with van der Waals surface area (Å²) in [6.07, 6.45) is 3.88. The second-order valence-corrected chi connectivity index (χ2v) is 6.84. The number of carbonyl (C=O) groups is 3. The molecule has 9 nitrogen and oxygen atoms in total. The van der Waals surface area contributed by atoms with Gasteiger partial charge < -0.3 is 21.1 Å². The molecule has 3 amide bonds. The van der Waals surface area contributed by atoms with Crippen molar-refractivity contribution in [1.82, 2.24) is 10.3 Å². The number of amides is 3. The molecule has 0 aliphatic carbocycles. The summed E-state index contributed by atoms with van der Waals surface area (Å²) in [5.74, 6) is -1.16. The van der Waals surface area contributed by atoms with Gasteiger partial charge in [0.2, 0.25) is 0 Å². The maximum atomic E-state index is 13.0. The number of pyridine rings is 1. The molecule has 9 heteroatoms. The maximum absolute atomic E-state index is 13.0. The van der Waals surface area contributed by atoms with Gasteiger partial charge in [-0.25, -0.2) is 14.6 Å². The summed E-state index contributed by atoms with van der Waals surface area (Å²) in [4.78, 5) is 39.7. The third-order valence-corrected chi connectivity index (χ3v) is 4.37. The Balaban J connectivity index is 1.82. The summed E-state index contributed by atoms with van der Waals surface area (Å²) in [5.41, 5.74) is 2.71. The summed E-state index contributed by atoms with van der Waals surface area (Å²) in [5, 5.41) is 20.0. The topological polar surface area (TPSA) is 132 Å². The number of carbonyl (C=O) groups excluding carboxylic acids is 2. The van der Waals surface area contributed by atoms with Crippen LogP contribution in [-0.4, -0.2) is 34.5 Å². The molecular formula is C24H23N5O4. The van der Waals surface area contributed by atoms with Gasteiger partial charge in [-0.3, -0.25) is 10.1 Å². The standard InChI is InChI=1S/C24H23N5O4/c1-2-25-24(33)29-21-14-20(27-17-6-4-3-5-7-17)19(15-26-21)23(32)28-18-11-8-16(9-12-18)10-13-22(30)31/h3-15H,2H2,1H3,(H,28,32)(H,30,31)(H3,25,26,27,29,33). The van der Waals surface area contributed by atoms with Crippen LogP contribution in [0.1, 0.15) is 22.8 Å². The van der Waals surface area contributed by atoms with Gasteiger partial charge in [0.15, 0.2) is 0 Å². The van der Waals surface area contributed by atoms with Crippen LogP contribution in [0.2, 0.25) is 0 Å². The van der Waals surface area contributed by atoms with Crippen molar-refractivity contribution in [2.75, 3.05) is 22.5 Å². The number of benzene rings is 2. The van der Waals surface area contributed by atoms with Gasteiger partial charge >= 0.3 is 12.0 Å². The van der Waals surface area contributed by atoms with Crippen molar-refractivity contribution in [3.05, 3.63) is 84.1 Å². The highest BCUT2D eigenvalue weighted by molar-refractivity contribution is 6.08. The second kappa shape index (κ2) is 11.1. The molecule has 168 valence electrons. The van der Waals surface area contributed by atoms with Gasteiger partial charge in [0.1, 0.15) is 5.82 Å². The molecule has 0 fully saturated rings. The molecule has 1 heterocycles. The number of para-hydroxylation sites is 1. The third kappa shape index (κ3) is 6.93. The van der Waals surface area contributed by atoms with Gasteiger partial charge in [-0.05, 0) is 42.8 Å². The number of aromatic nitrogens is 1. The van der Waals surface area contributed by atoms with Crippen LogP contribution in [0, 0.1) is 0 Å². The van der Waals surface area contributed by atoms with Crippen LogP contribution in [0.5, 0.6) is 0 Å². The molecule has 0 aliphatic rings. The lowest BCUT2D eigenvalue weighted by Gasteiger charge is -2.14. The highest BCUT2D eigenvalue weighted by Crippen LogP contribution is 2.24. The molecule has 3 rings (SSSR count). The third-order valence-electron chi connectivity index (χ3n) is 4.37. The zero-order valence-electron chi connectivity index (χ0n) is 17.8. The van der Waals surface area contributed by atoms with Gasteiger partial charge in [0.25, 0.3) is 5.91 Å². The van der Waals surface area contributed by atoms with Crippen LogP contribution in [0.25, 0.3) is 6.08 Å². The smallest absolute Gasteiger partial charge is 0.328 e. The molecule has 5 N–H and O–H groups in total. The van der Waals surface area contributed by atoms with Gasteiger partial charge in [0, 0.05) is 36.3 Å². The van der Waals surface area contributed by atoms with Crippen molar-refractivity contribution >= 4 is 46.9 Å². The Kier molecular flexibility index (Phi) is 7.74. The van der Waals surface area contributed by atoms with Crippen molar-refractivity contribution in [2.45, 2.75) is 6.92 Å². The van der Waals surface area contributed by atoms with Crippen molar-refractivity contribution < 1.29 is 19.5 Å². The molecule has 1 aromatic heterocycles. The summed E-state index contributed by atoms with van der Waals surface area (Å²) >= 11 is 0. The van der Waals surface area contributed by atoms with E-state index in [1.54, 1.807) is 37.3 Å². The van der Waals surface area contributed by atoms with E-state index in [0.29, 0.717) is 23.5 Å². The molecule has 0 aliphatic heterocycles. The fraction of sp³-hybridized carbons (Fsp3) is 0.0833. The average Bonchev–Trinajstić information content (AvgIpc) is 2.79. The summed E-state index contributed by atoms with van der Waals surface area (Å²) in [6, 6.07) is 17.2. The molecule has 2 aromatic carbocycles. The van der Waals surface area contributed by atoms with E-state index in [4.69, 9.17) is 5.11 Å². The first-order valence-corrected chi connectivity index (χ1v) is 10.1. The Labute approximate surface area is 190 Å². The summed E-state index contributed by atoms with van der Waals surface area (Å²) in [7, 11) is 0. The summed E-state index contributed by atoms with van der Waals surface area (Å²) < 4.78 is 0. The lowest BCUT2D eigenvalue weighted by atomic mass is 10.1. The number of nitrogens with zero attached hydrogens (tertiary/aromatic N) is 1. The number of carboxylic acids is 1. The lowest BCUT2D eigenvalue weighted by Crippen LogP contribution is -2.28. The van der Waals surface area contributed by atoms with Crippen LogP contribution in [0.15, 0.2) is 72.9 Å². The fourth-order valence-electron chi connectivity index (χ4n) is 2.85. The molecule has 3 aromatic rings. The molecule has 0 saturated carbocycles. The Morgan fingerprint density at radius 2 is 1.70 bits per heavy atom. The Morgan fingerprint density at radius 3 is 2.36 bits per heavy atom. The van der Waals surface area contributed by atoms with Crippen LogP contribution in [0.3, 0.4) is 0 Å². The van der Waals surface area contributed by atoms with Crippen LogP contribution in [0.4, 0.5) is 27.7 Å². The predicted molar refractivity (Wildman–Crippen MR) is 128 cm³/mol. The van der Waals surface area contributed by atoms with Crippen molar-refractivity contribution in [3.8, 4) is 0 Å². The average molecular weight is 445 g/mol. The summed E-state index contributed by atoms with van der Waals surface area (Å²) in [6.45, 7) is 2.27. The SMILES string of the molecule is CCNC(=O)Nc1cc(Nc2ccccc2)c(C(=O)Nc2ccc(C=CC(=O)O)cc2)cn1. The minimum atomic E-state index is -1.04. The number of hydrogen-bond donors (Lipinski definition) is 5. The molecule has 0 spiro atoms. The number of urea groups is 1. The number of aliphatic carboxylic acids is 1. The number of anilines is 4. The van der Waals surface area contributed by atoms with Crippen LogP contribution < -0.4 is 21.3 Å². The highest BCUT2D eigenvalue weighted by Gasteiger charge is 2.15. The van der Waals surface area contributed by atoms with E-state index in [1.165, 1.54) is 12.3 Å². The molecule has 0 radical (unpaired) electrons. The minimum absolute atomic E-state index is 0.273.